The van der Waals surface area contributed by atoms with Crippen molar-refractivity contribution in [3.8, 4) is 0 Å². The fraction of sp³-hybridized carbons (Fsp3) is 0.842. The third-order valence-electron chi connectivity index (χ3n) is 5.70. The maximum Gasteiger partial charge on any atom is 0.273 e. The molecule has 2 aliphatic heterocycles. The molecular formula is C19H36Cl2N6O2. The summed E-state index contributed by atoms with van der Waals surface area (Å²) in [4.78, 5) is 15.1. The molecule has 0 aliphatic carbocycles. The van der Waals surface area contributed by atoms with Gasteiger partial charge in [0.1, 0.15) is 0 Å². The summed E-state index contributed by atoms with van der Waals surface area (Å²) in [6, 6.07) is 0.545. The highest BCUT2D eigenvalue weighted by Gasteiger charge is 2.28. The van der Waals surface area contributed by atoms with Crippen molar-refractivity contribution in [1.82, 2.24) is 30.5 Å². The molecule has 10 heteroatoms. The van der Waals surface area contributed by atoms with Gasteiger partial charge in [-0.05, 0) is 51.6 Å². The fourth-order valence-corrected chi connectivity index (χ4v) is 4.06. The lowest BCUT2D eigenvalue weighted by atomic mass is 9.93. The van der Waals surface area contributed by atoms with Crippen molar-refractivity contribution in [2.75, 3.05) is 45.9 Å². The molecule has 0 radical (unpaired) electrons. The first-order valence-corrected chi connectivity index (χ1v) is 10.4. The topological polar surface area (TPSA) is 84.3 Å². The van der Waals surface area contributed by atoms with Crippen LogP contribution in [0.5, 0.6) is 0 Å². The Kier molecular flexibility index (Phi) is 12.1. The number of nitrogens with zero attached hydrogens (tertiary/aromatic N) is 4. The normalized spacial score (nSPS) is 23.1. The Labute approximate surface area is 186 Å². The van der Waals surface area contributed by atoms with Gasteiger partial charge in [0.25, 0.3) is 5.91 Å². The second kappa shape index (κ2) is 13.4. The van der Waals surface area contributed by atoms with Gasteiger partial charge in [0.05, 0.1) is 12.2 Å². The molecule has 8 nitrogen and oxygen atoms in total. The summed E-state index contributed by atoms with van der Waals surface area (Å²) in [6.07, 6.45) is 5.91. The molecule has 0 spiro atoms. The molecule has 2 atom stereocenters. The maximum atomic E-state index is 12.6. The molecule has 0 saturated carbocycles. The van der Waals surface area contributed by atoms with E-state index in [4.69, 9.17) is 4.74 Å². The number of rotatable bonds is 8. The summed E-state index contributed by atoms with van der Waals surface area (Å²) < 4.78 is 7.28. The van der Waals surface area contributed by atoms with E-state index < -0.39 is 0 Å². The lowest BCUT2D eigenvalue weighted by molar-refractivity contribution is 0.0839. The van der Waals surface area contributed by atoms with E-state index in [2.05, 4.69) is 32.8 Å². The third kappa shape index (κ3) is 7.68. The first kappa shape index (κ1) is 26.1. The zero-order valence-electron chi connectivity index (χ0n) is 17.5. The van der Waals surface area contributed by atoms with Gasteiger partial charge in [-0.25, -0.2) is 4.68 Å². The van der Waals surface area contributed by atoms with E-state index >= 15 is 0 Å². The summed E-state index contributed by atoms with van der Waals surface area (Å²) in [7, 11) is 0. The number of likely N-dealkylation sites (tertiary alicyclic amines) is 1. The largest absolute Gasteiger partial charge is 0.382 e. The Bertz CT molecular complexity index is 597. The van der Waals surface area contributed by atoms with E-state index in [1.807, 2.05) is 11.6 Å². The molecule has 3 heterocycles. The van der Waals surface area contributed by atoms with Crippen molar-refractivity contribution in [3.05, 3.63) is 11.9 Å². The number of carbonyl (C=O) groups excluding carboxylic acids is 1. The van der Waals surface area contributed by atoms with Crippen LogP contribution in [0.3, 0.4) is 0 Å². The van der Waals surface area contributed by atoms with Crippen LogP contribution in [0.1, 0.15) is 56.1 Å². The number of ether oxygens (including phenoxy) is 1. The number of nitrogens with one attached hydrogen (secondary N) is 2. The van der Waals surface area contributed by atoms with E-state index in [0.717, 1.165) is 71.6 Å². The molecular weight excluding hydrogens is 415 g/mol. The lowest BCUT2D eigenvalue weighted by Gasteiger charge is -2.37. The van der Waals surface area contributed by atoms with Crippen LogP contribution in [-0.2, 0) is 4.74 Å². The van der Waals surface area contributed by atoms with Crippen LogP contribution in [0.2, 0.25) is 0 Å². The first-order valence-electron chi connectivity index (χ1n) is 10.4. The minimum Gasteiger partial charge on any atom is -0.382 e. The van der Waals surface area contributed by atoms with E-state index in [9.17, 15) is 4.79 Å². The van der Waals surface area contributed by atoms with Gasteiger partial charge in [0.15, 0.2) is 5.69 Å². The molecule has 2 unspecified atom stereocenters. The molecule has 29 heavy (non-hydrogen) atoms. The van der Waals surface area contributed by atoms with Crippen molar-refractivity contribution in [2.24, 2.45) is 5.92 Å². The zero-order chi connectivity index (χ0) is 19.1. The molecule has 3 rings (SSSR count). The van der Waals surface area contributed by atoms with E-state index in [1.54, 1.807) is 6.20 Å². The minimum atomic E-state index is -0.100. The van der Waals surface area contributed by atoms with E-state index in [0.29, 0.717) is 17.7 Å². The van der Waals surface area contributed by atoms with Gasteiger partial charge in [-0.2, -0.15) is 0 Å². The van der Waals surface area contributed by atoms with E-state index in [-0.39, 0.29) is 36.8 Å². The second-order valence-electron chi connectivity index (χ2n) is 7.76. The van der Waals surface area contributed by atoms with Gasteiger partial charge in [-0.3, -0.25) is 4.79 Å². The van der Waals surface area contributed by atoms with Crippen molar-refractivity contribution >= 4 is 30.7 Å². The Morgan fingerprint density at radius 3 is 2.76 bits per heavy atom. The van der Waals surface area contributed by atoms with Gasteiger partial charge in [-0.15, -0.1) is 29.9 Å². The molecule has 2 fully saturated rings. The Morgan fingerprint density at radius 2 is 2.07 bits per heavy atom. The molecule has 0 bridgehead atoms. The van der Waals surface area contributed by atoms with Gasteiger partial charge < -0.3 is 20.3 Å². The summed E-state index contributed by atoms with van der Waals surface area (Å²) in [5.41, 5.74) is 0.430. The Morgan fingerprint density at radius 1 is 1.31 bits per heavy atom. The van der Waals surface area contributed by atoms with Gasteiger partial charge >= 0.3 is 0 Å². The van der Waals surface area contributed by atoms with Crippen LogP contribution in [0, 0.1) is 5.92 Å². The number of hydrogen-bond donors (Lipinski definition) is 2. The number of halogens is 2. The highest BCUT2D eigenvalue weighted by Crippen LogP contribution is 2.19. The lowest BCUT2D eigenvalue weighted by Crippen LogP contribution is -2.50. The van der Waals surface area contributed by atoms with Crippen LogP contribution in [-0.4, -0.2) is 77.8 Å². The molecule has 2 N–H and O–H groups in total. The summed E-state index contributed by atoms with van der Waals surface area (Å²) in [5.74, 6) is 0.325. The quantitative estimate of drug-likeness (QED) is 0.588. The van der Waals surface area contributed by atoms with Crippen molar-refractivity contribution in [3.63, 3.8) is 0 Å². The molecule has 1 aromatic heterocycles. The minimum absolute atomic E-state index is 0. The Balaban J connectivity index is 0.00000210. The number of hydrogen-bond acceptors (Lipinski definition) is 6. The average molecular weight is 451 g/mol. The van der Waals surface area contributed by atoms with Crippen LogP contribution in [0.25, 0.3) is 0 Å². The Hall–Kier alpha value is -0.930. The second-order valence-corrected chi connectivity index (χ2v) is 7.76. The molecule has 2 saturated heterocycles. The molecule has 1 aromatic rings. The average Bonchev–Trinajstić information content (AvgIpc) is 3.18. The van der Waals surface area contributed by atoms with Gasteiger partial charge in [0, 0.05) is 38.9 Å². The van der Waals surface area contributed by atoms with E-state index in [1.165, 1.54) is 0 Å². The molecule has 2 aliphatic rings. The van der Waals surface area contributed by atoms with Gasteiger partial charge in [0.2, 0.25) is 0 Å². The molecule has 0 aromatic carbocycles. The smallest absolute Gasteiger partial charge is 0.273 e. The summed E-state index contributed by atoms with van der Waals surface area (Å²) in [5, 5.41) is 14.8. The van der Waals surface area contributed by atoms with Crippen molar-refractivity contribution < 1.29 is 9.53 Å². The SMILES string of the molecule is CCOCCCN1CCC(NC(=O)c2cn(C3CCNCC3)nn2)C(C)C1.Cl.Cl. The highest BCUT2D eigenvalue weighted by molar-refractivity contribution is 5.92. The maximum absolute atomic E-state index is 12.6. The summed E-state index contributed by atoms with van der Waals surface area (Å²) in [6.45, 7) is 10.9. The number of carbonyl (C=O) groups is 1. The standard InChI is InChI=1S/C19H34N6O2.2ClH/c1-3-27-12-4-10-24-11-7-17(15(2)13-24)21-19(26)18-14-25(23-22-18)16-5-8-20-9-6-16;;/h14-17,20H,3-13H2,1-2H3,(H,21,26);2*1H. The van der Waals surface area contributed by atoms with Crippen molar-refractivity contribution in [2.45, 2.75) is 51.6 Å². The predicted molar refractivity (Wildman–Crippen MR) is 118 cm³/mol. The van der Waals surface area contributed by atoms with Crippen LogP contribution < -0.4 is 10.6 Å². The molecule has 1 amide bonds. The first-order chi connectivity index (χ1) is 13.2. The fourth-order valence-electron chi connectivity index (χ4n) is 4.06. The number of aromatic nitrogens is 3. The number of amides is 1. The van der Waals surface area contributed by atoms with Crippen molar-refractivity contribution in [1.29, 1.82) is 0 Å². The molecule has 168 valence electrons. The highest BCUT2D eigenvalue weighted by atomic mass is 35.5. The van der Waals surface area contributed by atoms with Gasteiger partial charge in [-0.1, -0.05) is 12.1 Å². The number of piperidine rings is 2. The van der Waals surface area contributed by atoms with Crippen LogP contribution >= 0.6 is 24.8 Å². The van der Waals surface area contributed by atoms with Crippen LogP contribution in [0.4, 0.5) is 0 Å². The summed E-state index contributed by atoms with van der Waals surface area (Å²) >= 11 is 0. The predicted octanol–water partition coefficient (Wildman–Crippen LogP) is 1.91. The monoisotopic (exact) mass is 450 g/mol. The van der Waals surface area contributed by atoms with Crippen LogP contribution in [0.15, 0.2) is 6.20 Å². The zero-order valence-corrected chi connectivity index (χ0v) is 19.1. The third-order valence-corrected chi connectivity index (χ3v) is 5.70.